The zero-order valence-corrected chi connectivity index (χ0v) is 20.5. The molecule has 1 aliphatic carbocycles. The second-order valence-electron chi connectivity index (χ2n) is 8.90. The van der Waals surface area contributed by atoms with Crippen molar-refractivity contribution in [2.45, 2.75) is 56.1 Å². The average Bonchev–Trinajstić information content (AvgIpc) is 2.84. The predicted octanol–water partition coefficient (Wildman–Crippen LogP) is 2.31. The van der Waals surface area contributed by atoms with Crippen LogP contribution < -0.4 is 16.0 Å². The van der Waals surface area contributed by atoms with E-state index in [1.54, 1.807) is 12.1 Å². The lowest BCUT2D eigenvalue weighted by molar-refractivity contribution is -0.129. The monoisotopic (exact) mass is 512 g/mol. The minimum Gasteiger partial charge on any atom is -0.465 e. The summed E-state index contributed by atoms with van der Waals surface area (Å²) in [6.07, 6.45) is 3.47. The van der Waals surface area contributed by atoms with Gasteiger partial charge in [-0.15, -0.1) is 0 Å². The Morgan fingerprint density at radius 2 is 1.92 bits per heavy atom. The number of nitrogens with one attached hydrogen (secondary N) is 3. The third-order valence-electron chi connectivity index (χ3n) is 6.34. The van der Waals surface area contributed by atoms with Gasteiger partial charge in [0.1, 0.15) is 6.04 Å². The molecule has 36 heavy (non-hydrogen) atoms. The van der Waals surface area contributed by atoms with Crippen molar-refractivity contribution in [3.8, 4) is 0 Å². The van der Waals surface area contributed by atoms with Crippen LogP contribution in [0.15, 0.2) is 59.8 Å². The van der Waals surface area contributed by atoms with Gasteiger partial charge in [0.25, 0.3) is 10.0 Å². The lowest BCUT2D eigenvalue weighted by Crippen LogP contribution is -2.51. The van der Waals surface area contributed by atoms with Crippen LogP contribution in [0.1, 0.15) is 47.6 Å². The van der Waals surface area contributed by atoms with Gasteiger partial charge in [0, 0.05) is 18.9 Å². The van der Waals surface area contributed by atoms with Crippen molar-refractivity contribution in [2.75, 3.05) is 0 Å². The molecule has 0 saturated heterocycles. The van der Waals surface area contributed by atoms with Gasteiger partial charge in [-0.3, -0.25) is 13.9 Å². The standard InChI is InChI=1S/C25H28N4O6S/c1-16-5-8-19(9-6-16)36(34,35)29-12-11-26-24(31)22(29)14-23(30)27-15-17-7-10-20-18(13-17)3-2-4-21(20)28-25(32)33/h5-13,21-22,28H,2-4,14-15H2,1H3,(H,26,31)(H,27,30)(H,32,33). The lowest BCUT2D eigenvalue weighted by atomic mass is 9.86. The summed E-state index contributed by atoms with van der Waals surface area (Å²) in [6, 6.07) is 10.4. The van der Waals surface area contributed by atoms with Gasteiger partial charge < -0.3 is 21.1 Å². The molecule has 4 rings (SSSR count). The van der Waals surface area contributed by atoms with E-state index in [-0.39, 0.29) is 23.9 Å². The summed E-state index contributed by atoms with van der Waals surface area (Å²) in [5.41, 5.74) is 3.68. The Morgan fingerprint density at radius 1 is 1.17 bits per heavy atom. The molecule has 10 nitrogen and oxygen atoms in total. The Kier molecular flexibility index (Phi) is 7.30. The number of sulfonamides is 1. The van der Waals surface area contributed by atoms with E-state index in [1.807, 2.05) is 25.1 Å². The number of rotatable bonds is 7. The molecule has 2 aliphatic rings. The highest BCUT2D eigenvalue weighted by Gasteiger charge is 2.37. The van der Waals surface area contributed by atoms with Crippen molar-refractivity contribution in [1.82, 2.24) is 20.3 Å². The third-order valence-corrected chi connectivity index (χ3v) is 8.14. The highest BCUT2D eigenvalue weighted by atomic mass is 32.2. The first-order valence-electron chi connectivity index (χ1n) is 11.6. The van der Waals surface area contributed by atoms with E-state index < -0.39 is 34.0 Å². The summed E-state index contributed by atoms with van der Waals surface area (Å²) in [5, 5.41) is 16.8. The second-order valence-corrected chi connectivity index (χ2v) is 10.7. The molecule has 0 fully saturated rings. The van der Waals surface area contributed by atoms with Gasteiger partial charge >= 0.3 is 6.09 Å². The van der Waals surface area contributed by atoms with Crippen LogP contribution in [0.2, 0.25) is 0 Å². The fourth-order valence-corrected chi connectivity index (χ4v) is 5.95. The number of carbonyl (C=O) groups excluding carboxylic acids is 2. The van der Waals surface area contributed by atoms with E-state index in [1.165, 1.54) is 24.5 Å². The maximum absolute atomic E-state index is 13.2. The Bertz CT molecular complexity index is 1310. The van der Waals surface area contributed by atoms with Crippen molar-refractivity contribution in [3.05, 3.63) is 77.1 Å². The third kappa shape index (κ3) is 5.51. The van der Waals surface area contributed by atoms with Crippen LogP contribution in [0.4, 0.5) is 4.79 Å². The summed E-state index contributed by atoms with van der Waals surface area (Å²) in [4.78, 5) is 36.3. The van der Waals surface area contributed by atoms with Crippen molar-refractivity contribution in [2.24, 2.45) is 0 Å². The molecule has 0 spiro atoms. The zero-order valence-electron chi connectivity index (χ0n) is 19.7. The minimum absolute atomic E-state index is 0.0302. The normalized spacial score (nSPS) is 19.2. The van der Waals surface area contributed by atoms with Gasteiger partial charge in [-0.25, -0.2) is 13.2 Å². The molecule has 190 valence electrons. The number of fused-ring (bicyclic) bond motifs is 1. The van der Waals surface area contributed by atoms with E-state index in [0.29, 0.717) is 0 Å². The molecule has 11 heteroatoms. The van der Waals surface area contributed by atoms with Crippen molar-refractivity contribution >= 4 is 27.9 Å². The average molecular weight is 513 g/mol. The van der Waals surface area contributed by atoms with Crippen LogP contribution in [0, 0.1) is 6.92 Å². The molecule has 2 unspecified atom stereocenters. The number of benzene rings is 2. The number of carboxylic acid groups (broad SMARTS) is 1. The lowest BCUT2D eigenvalue weighted by Gasteiger charge is -2.31. The van der Waals surface area contributed by atoms with Crippen molar-refractivity contribution < 1.29 is 27.9 Å². The van der Waals surface area contributed by atoms with Crippen molar-refractivity contribution in [3.63, 3.8) is 0 Å². The van der Waals surface area contributed by atoms with Crippen LogP contribution in [-0.4, -0.2) is 41.8 Å². The maximum Gasteiger partial charge on any atom is 0.405 e. The molecular weight excluding hydrogens is 484 g/mol. The van der Waals surface area contributed by atoms with Gasteiger partial charge in [-0.1, -0.05) is 35.9 Å². The first kappa shape index (κ1) is 25.2. The van der Waals surface area contributed by atoms with Gasteiger partial charge in [0.2, 0.25) is 11.8 Å². The summed E-state index contributed by atoms with van der Waals surface area (Å²) in [5.74, 6) is -1.06. The topological polar surface area (TPSA) is 145 Å². The molecule has 2 aromatic carbocycles. The predicted molar refractivity (Wildman–Crippen MR) is 131 cm³/mol. The summed E-state index contributed by atoms with van der Waals surface area (Å²) >= 11 is 0. The zero-order chi connectivity index (χ0) is 25.9. The highest BCUT2D eigenvalue weighted by molar-refractivity contribution is 7.89. The quantitative estimate of drug-likeness (QED) is 0.448. The molecule has 4 N–H and O–H groups in total. The van der Waals surface area contributed by atoms with E-state index >= 15 is 0 Å². The SMILES string of the molecule is Cc1ccc(S(=O)(=O)N2C=CNC(=O)C2CC(=O)NCc2ccc3c(c2)CCCC3NC(=O)O)cc1. The number of nitrogens with zero attached hydrogens (tertiary/aromatic N) is 1. The maximum atomic E-state index is 13.2. The molecule has 2 aromatic rings. The number of carbonyl (C=O) groups is 3. The fraction of sp³-hybridized carbons (Fsp3) is 0.320. The molecule has 3 amide bonds. The molecule has 0 bridgehead atoms. The highest BCUT2D eigenvalue weighted by Crippen LogP contribution is 2.30. The summed E-state index contributed by atoms with van der Waals surface area (Å²) < 4.78 is 27.3. The second kappa shape index (κ2) is 10.4. The van der Waals surface area contributed by atoms with Crippen LogP contribution in [0.25, 0.3) is 0 Å². The van der Waals surface area contributed by atoms with E-state index in [0.717, 1.165) is 45.8 Å². The number of hydrogen-bond donors (Lipinski definition) is 4. The number of amides is 3. The Labute approximate surface area is 209 Å². The van der Waals surface area contributed by atoms with Gasteiger partial charge in [0.15, 0.2) is 0 Å². The van der Waals surface area contributed by atoms with Gasteiger partial charge in [0.05, 0.1) is 17.4 Å². The Hall–Kier alpha value is -3.86. The minimum atomic E-state index is -4.04. The Morgan fingerprint density at radius 3 is 2.64 bits per heavy atom. The molecule has 2 atom stereocenters. The van der Waals surface area contributed by atoms with Crippen LogP contribution in [-0.2, 0) is 32.6 Å². The van der Waals surface area contributed by atoms with Gasteiger partial charge in [-0.05, 0) is 55.0 Å². The summed E-state index contributed by atoms with van der Waals surface area (Å²) in [6.45, 7) is 2.03. The number of hydrogen-bond acceptors (Lipinski definition) is 5. The molecule has 1 heterocycles. The summed E-state index contributed by atoms with van der Waals surface area (Å²) in [7, 11) is -4.04. The molecular formula is C25H28N4O6S. The molecule has 0 radical (unpaired) electrons. The largest absolute Gasteiger partial charge is 0.465 e. The molecule has 1 aliphatic heterocycles. The van der Waals surface area contributed by atoms with E-state index in [4.69, 9.17) is 5.11 Å². The first-order valence-corrected chi connectivity index (χ1v) is 13.0. The van der Waals surface area contributed by atoms with Crippen LogP contribution in [0.3, 0.4) is 0 Å². The van der Waals surface area contributed by atoms with Crippen LogP contribution >= 0.6 is 0 Å². The first-order chi connectivity index (χ1) is 17.1. The van der Waals surface area contributed by atoms with Crippen molar-refractivity contribution in [1.29, 1.82) is 0 Å². The fourth-order valence-electron chi connectivity index (χ4n) is 4.50. The molecule has 0 aromatic heterocycles. The smallest absolute Gasteiger partial charge is 0.405 e. The number of aryl methyl sites for hydroxylation is 2. The molecule has 0 saturated carbocycles. The van der Waals surface area contributed by atoms with Crippen LogP contribution in [0.5, 0.6) is 0 Å². The van der Waals surface area contributed by atoms with Gasteiger partial charge in [-0.2, -0.15) is 0 Å². The Balaban J connectivity index is 1.43. The van der Waals surface area contributed by atoms with E-state index in [2.05, 4.69) is 16.0 Å². The van der Waals surface area contributed by atoms with E-state index in [9.17, 15) is 22.8 Å².